The van der Waals surface area contributed by atoms with E-state index in [9.17, 15) is 4.79 Å². The van der Waals surface area contributed by atoms with E-state index in [1.165, 1.54) is 16.9 Å². The fourth-order valence-corrected chi connectivity index (χ4v) is 2.32. The predicted molar refractivity (Wildman–Crippen MR) is 66.9 cm³/mol. The summed E-state index contributed by atoms with van der Waals surface area (Å²) in [5, 5.41) is 2.42. The highest BCUT2D eigenvalue weighted by Gasteiger charge is 2.06. The summed E-state index contributed by atoms with van der Waals surface area (Å²) < 4.78 is 0. The van der Waals surface area contributed by atoms with Gasteiger partial charge < -0.3 is 0 Å². The zero-order valence-electron chi connectivity index (χ0n) is 8.74. The lowest BCUT2D eigenvalue weighted by Gasteiger charge is -1.96. The minimum atomic E-state index is -0.374. The van der Waals surface area contributed by atoms with Crippen LogP contribution in [-0.4, -0.2) is 10.2 Å². The second-order valence-corrected chi connectivity index (χ2v) is 4.82. The summed E-state index contributed by atoms with van der Waals surface area (Å²) in [6.45, 7) is 2.04. The van der Waals surface area contributed by atoms with Crippen LogP contribution < -0.4 is 0 Å². The monoisotopic (exact) mass is 251 g/mol. The first kappa shape index (κ1) is 11.3. The van der Waals surface area contributed by atoms with Gasteiger partial charge in [-0.1, -0.05) is 29.8 Å². The van der Waals surface area contributed by atoms with Crippen LogP contribution in [0.4, 0.5) is 0 Å². The van der Waals surface area contributed by atoms with E-state index < -0.39 is 0 Å². The number of carbonyl (C=O) groups excluding carboxylic acids is 1. The van der Waals surface area contributed by atoms with Crippen molar-refractivity contribution in [2.75, 3.05) is 0 Å². The number of benzene rings is 1. The van der Waals surface area contributed by atoms with Gasteiger partial charge in [0, 0.05) is 10.9 Å². The normalized spacial score (nSPS) is 10.4. The minimum absolute atomic E-state index is 0.198. The third-order valence-electron chi connectivity index (χ3n) is 2.17. The molecule has 0 saturated carbocycles. The molecular formula is C12H10ClNOS. The zero-order chi connectivity index (χ0) is 11.5. The van der Waals surface area contributed by atoms with Crippen molar-refractivity contribution in [2.24, 2.45) is 0 Å². The first-order valence-electron chi connectivity index (χ1n) is 4.85. The molecule has 0 spiro atoms. The number of aryl methyl sites for hydroxylation is 1. The lowest BCUT2D eigenvalue weighted by molar-refractivity contribution is -0.111. The Morgan fingerprint density at radius 1 is 1.38 bits per heavy atom. The van der Waals surface area contributed by atoms with E-state index in [1.807, 2.05) is 36.6 Å². The molecule has 0 amide bonds. The molecule has 16 heavy (non-hydrogen) atoms. The molecule has 2 rings (SSSR count). The maximum absolute atomic E-state index is 10.7. The molecule has 2 nitrogen and oxygen atoms in total. The number of thiazole rings is 1. The maximum atomic E-state index is 10.7. The van der Waals surface area contributed by atoms with Crippen LogP contribution in [0.5, 0.6) is 0 Å². The first-order chi connectivity index (χ1) is 7.65. The van der Waals surface area contributed by atoms with Gasteiger partial charge in [-0.2, -0.15) is 0 Å². The third kappa shape index (κ3) is 2.68. The molecule has 1 heterocycles. The summed E-state index contributed by atoms with van der Waals surface area (Å²) in [5.41, 5.74) is 3.03. The smallest absolute Gasteiger partial charge is 0.227 e. The van der Waals surface area contributed by atoms with Crippen LogP contribution in [0.1, 0.15) is 11.3 Å². The highest BCUT2D eigenvalue weighted by molar-refractivity contribution is 7.13. The first-order valence-corrected chi connectivity index (χ1v) is 6.10. The summed E-state index contributed by atoms with van der Waals surface area (Å²) in [4.78, 5) is 15.1. The topological polar surface area (TPSA) is 30.0 Å². The van der Waals surface area contributed by atoms with E-state index in [0.717, 1.165) is 16.3 Å². The van der Waals surface area contributed by atoms with Crippen molar-refractivity contribution >= 4 is 28.2 Å². The quantitative estimate of drug-likeness (QED) is 0.783. The molecule has 0 aliphatic heterocycles. The molecule has 0 atom stereocenters. The lowest BCUT2D eigenvalue weighted by atomic mass is 10.2. The van der Waals surface area contributed by atoms with E-state index in [2.05, 4.69) is 4.98 Å². The van der Waals surface area contributed by atoms with E-state index in [4.69, 9.17) is 11.6 Å². The van der Waals surface area contributed by atoms with Gasteiger partial charge in [-0.15, -0.1) is 11.3 Å². The Hall–Kier alpha value is -1.19. The Kier molecular flexibility index (Phi) is 3.36. The van der Waals surface area contributed by atoms with Crippen LogP contribution in [-0.2, 0) is 11.2 Å². The van der Waals surface area contributed by atoms with Gasteiger partial charge in [0.1, 0.15) is 5.01 Å². The zero-order valence-corrected chi connectivity index (χ0v) is 10.3. The molecule has 1 aromatic heterocycles. The van der Waals surface area contributed by atoms with Crippen molar-refractivity contribution < 1.29 is 4.79 Å². The van der Waals surface area contributed by atoms with Crippen molar-refractivity contribution in [3.05, 3.63) is 40.9 Å². The SMILES string of the molecule is Cc1ccc(-c2nc(CC(=O)Cl)cs2)cc1. The van der Waals surface area contributed by atoms with Crippen LogP contribution in [0, 0.1) is 6.92 Å². The van der Waals surface area contributed by atoms with Gasteiger partial charge in [-0.3, -0.25) is 4.79 Å². The van der Waals surface area contributed by atoms with Gasteiger partial charge in [0.25, 0.3) is 0 Å². The molecule has 0 fully saturated rings. The van der Waals surface area contributed by atoms with Crippen LogP contribution in [0.25, 0.3) is 10.6 Å². The van der Waals surface area contributed by atoms with Gasteiger partial charge in [-0.05, 0) is 18.5 Å². The molecule has 82 valence electrons. The van der Waals surface area contributed by atoms with E-state index >= 15 is 0 Å². The summed E-state index contributed by atoms with van der Waals surface area (Å²) in [5.74, 6) is 0. The summed E-state index contributed by atoms with van der Waals surface area (Å²) in [7, 11) is 0. The molecule has 0 aliphatic carbocycles. The largest absolute Gasteiger partial charge is 0.281 e. The van der Waals surface area contributed by atoms with Gasteiger partial charge in [0.2, 0.25) is 5.24 Å². The lowest BCUT2D eigenvalue weighted by Crippen LogP contribution is -1.93. The average Bonchev–Trinajstić information content (AvgIpc) is 2.66. The number of carbonyl (C=O) groups is 1. The standard InChI is InChI=1S/C12H10ClNOS/c1-8-2-4-9(5-3-8)12-14-10(7-16-12)6-11(13)15/h2-5,7H,6H2,1H3. The van der Waals surface area contributed by atoms with Crippen LogP contribution in [0.2, 0.25) is 0 Å². The summed E-state index contributed by atoms with van der Waals surface area (Å²) in [6, 6.07) is 8.15. The van der Waals surface area contributed by atoms with Gasteiger partial charge >= 0.3 is 0 Å². The van der Waals surface area contributed by atoms with E-state index in [0.29, 0.717) is 0 Å². The third-order valence-corrected chi connectivity index (χ3v) is 3.24. The molecule has 2 aromatic rings. The van der Waals surface area contributed by atoms with Crippen molar-refractivity contribution in [1.82, 2.24) is 4.98 Å². The number of rotatable bonds is 3. The Labute approximate surface area is 103 Å². The van der Waals surface area contributed by atoms with Crippen molar-refractivity contribution in [1.29, 1.82) is 0 Å². The molecule has 0 bridgehead atoms. The Balaban J connectivity index is 2.24. The highest BCUT2D eigenvalue weighted by Crippen LogP contribution is 2.24. The van der Waals surface area contributed by atoms with Gasteiger partial charge in [-0.25, -0.2) is 4.98 Å². The maximum Gasteiger partial charge on any atom is 0.227 e. The Bertz CT molecular complexity index is 504. The molecular weight excluding hydrogens is 242 g/mol. The Morgan fingerprint density at radius 2 is 2.06 bits per heavy atom. The summed E-state index contributed by atoms with van der Waals surface area (Å²) in [6.07, 6.45) is 0.198. The number of hydrogen-bond acceptors (Lipinski definition) is 3. The Morgan fingerprint density at radius 3 is 2.69 bits per heavy atom. The second-order valence-electron chi connectivity index (χ2n) is 3.54. The number of aromatic nitrogens is 1. The number of nitrogens with zero attached hydrogens (tertiary/aromatic N) is 1. The van der Waals surface area contributed by atoms with Crippen molar-refractivity contribution in [3.63, 3.8) is 0 Å². The molecule has 0 radical (unpaired) electrons. The van der Waals surface area contributed by atoms with Crippen LogP contribution in [0.15, 0.2) is 29.6 Å². The summed E-state index contributed by atoms with van der Waals surface area (Å²) >= 11 is 6.84. The minimum Gasteiger partial charge on any atom is -0.281 e. The molecule has 0 N–H and O–H groups in total. The molecule has 4 heteroatoms. The van der Waals surface area contributed by atoms with E-state index in [-0.39, 0.29) is 11.7 Å². The predicted octanol–water partition coefficient (Wildman–Crippen LogP) is 3.43. The molecule has 0 aliphatic rings. The molecule has 1 aromatic carbocycles. The van der Waals surface area contributed by atoms with Gasteiger partial charge in [0.15, 0.2) is 0 Å². The van der Waals surface area contributed by atoms with Gasteiger partial charge in [0.05, 0.1) is 12.1 Å². The highest BCUT2D eigenvalue weighted by atomic mass is 35.5. The fraction of sp³-hybridized carbons (Fsp3) is 0.167. The fourth-order valence-electron chi connectivity index (χ4n) is 1.36. The molecule has 0 unspecified atom stereocenters. The number of hydrogen-bond donors (Lipinski definition) is 0. The van der Waals surface area contributed by atoms with Crippen molar-refractivity contribution in [2.45, 2.75) is 13.3 Å². The van der Waals surface area contributed by atoms with E-state index in [1.54, 1.807) is 0 Å². The average molecular weight is 252 g/mol. The van der Waals surface area contributed by atoms with Crippen LogP contribution >= 0.6 is 22.9 Å². The van der Waals surface area contributed by atoms with Crippen molar-refractivity contribution in [3.8, 4) is 10.6 Å². The second kappa shape index (κ2) is 4.76. The van der Waals surface area contributed by atoms with Crippen LogP contribution in [0.3, 0.4) is 0 Å². The molecule has 0 saturated heterocycles. The number of halogens is 1.